The van der Waals surface area contributed by atoms with E-state index in [4.69, 9.17) is 14.4 Å². The third-order valence-corrected chi connectivity index (χ3v) is 3.63. The molecule has 1 N–H and O–H groups in total. The quantitative estimate of drug-likeness (QED) is 0.930. The Bertz CT molecular complexity index is 635. The van der Waals surface area contributed by atoms with Crippen molar-refractivity contribution in [3.05, 3.63) is 35.7 Å². The molecule has 1 aliphatic rings. The first-order chi connectivity index (χ1) is 10.2. The normalized spacial score (nSPS) is 21.6. The third kappa shape index (κ3) is 2.80. The number of rotatable bonds is 4. The van der Waals surface area contributed by atoms with E-state index in [2.05, 4.69) is 17.1 Å². The number of carboxylic acids is 1. The van der Waals surface area contributed by atoms with Gasteiger partial charge in [-0.3, -0.25) is 0 Å². The molecule has 1 aliphatic heterocycles. The fourth-order valence-corrected chi connectivity index (χ4v) is 2.37. The summed E-state index contributed by atoms with van der Waals surface area (Å²) in [6.07, 6.45) is 0.803. The van der Waals surface area contributed by atoms with Gasteiger partial charge >= 0.3 is 5.97 Å². The summed E-state index contributed by atoms with van der Waals surface area (Å²) < 4.78 is 10.6. The van der Waals surface area contributed by atoms with Gasteiger partial charge < -0.3 is 14.4 Å². The molecule has 0 radical (unpaired) electrons. The van der Waals surface area contributed by atoms with E-state index in [9.17, 15) is 4.79 Å². The molecule has 1 fully saturated rings. The Morgan fingerprint density at radius 3 is 2.71 bits per heavy atom. The molecule has 0 aliphatic carbocycles. The minimum Gasteiger partial charge on any atom is -0.479 e. The average Bonchev–Trinajstić information content (AvgIpc) is 3.16. The number of carbonyl (C=O) groups is 1. The molecule has 2 atom stereocenters. The number of carboxylic acid groups (broad SMARTS) is 1. The van der Waals surface area contributed by atoms with Crippen LogP contribution in [0.2, 0.25) is 0 Å². The molecule has 0 bridgehead atoms. The van der Waals surface area contributed by atoms with Crippen LogP contribution in [0.3, 0.4) is 0 Å². The van der Waals surface area contributed by atoms with Crippen molar-refractivity contribution in [2.45, 2.75) is 38.4 Å². The van der Waals surface area contributed by atoms with Crippen LogP contribution < -0.4 is 0 Å². The Labute approximate surface area is 121 Å². The van der Waals surface area contributed by atoms with E-state index in [0.717, 1.165) is 12.0 Å². The lowest BCUT2D eigenvalue weighted by molar-refractivity contribution is -0.150. The van der Waals surface area contributed by atoms with Gasteiger partial charge in [0.25, 0.3) is 5.89 Å². The van der Waals surface area contributed by atoms with E-state index in [0.29, 0.717) is 24.6 Å². The lowest BCUT2D eigenvalue weighted by atomic mass is 10.1. The highest BCUT2D eigenvalue weighted by Crippen LogP contribution is 2.32. The van der Waals surface area contributed by atoms with Gasteiger partial charge in [0, 0.05) is 5.56 Å². The standard InChI is InChI=1S/C15H16N2O4/c1-2-9-3-5-10(6-4-9)13-16-14(21-17-13)11-7-8-12(20-11)15(18)19/h3-6,11-12H,2,7-8H2,1H3,(H,18,19). The van der Waals surface area contributed by atoms with Crippen LogP contribution in [-0.4, -0.2) is 27.3 Å². The zero-order valence-electron chi connectivity index (χ0n) is 11.7. The zero-order valence-corrected chi connectivity index (χ0v) is 11.7. The molecule has 110 valence electrons. The molecule has 21 heavy (non-hydrogen) atoms. The van der Waals surface area contributed by atoms with Gasteiger partial charge in [-0.05, 0) is 24.8 Å². The van der Waals surface area contributed by atoms with Gasteiger partial charge in [-0.25, -0.2) is 4.79 Å². The largest absolute Gasteiger partial charge is 0.479 e. The molecule has 0 amide bonds. The number of hydrogen-bond donors (Lipinski definition) is 1. The topological polar surface area (TPSA) is 85.5 Å². The highest BCUT2D eigenvalue weighted by atomic mass is 16.5. The first kappa shape index (κ1) is 13.8. The lowest BCUT2D eigenvalue weighted by Crippen LogP contribution is -2.18. The second-order valence-corrected chi connectivity index (χ2v) is 5.04. The fourth-order valence-electron chi connectivity index (χ4n) is 2.37. The molecule has 2 heterocycles. The van der Waals surface area contributed by atoms with Crippen molar-refractivity contribution in [3.63, 3.8) is 0 Å². The smallest absolute Gasteiger partial charge is 0.332 e. The van der Waals surface area contributed by atoms with E-state index in [1.807, 2.05) is 24.3 Å². The molecule has 1 saturated heterocycles. The van der Waals surface area contributed by atoms with Crippen molar-refractivity contribution in [1.82, 2.24) is 10.1 Å². The molecule has 1 aromatic carbocycles. The minimum atomic E-state index is -0.951. The first-order valence-corrected chi connectivity index (χ1v) is 6.98. The maximum absolute atomic E-state index is 10.9. The average molecular weight is 288 g/mol. The van der Waals surface area contributed by atoms with Gasteiger partial charge in [0.05, 0.1) is 0 Å². The van der Waals surface area contributed by atoms with E-state index in [1.165, 1.54) is 5.56 Å². The molecule has 6 nitrogen and oxygen atoms in total. The Morgan fingerprint density at radius 1 is 1.33 bits per heavy atom. The number of aryl methyl sites for hydroxylation is 1. The maximum Gasteiger partial charge on any atom is 0.332 e. The Morgan fingerprint density at radius 2 is 2.10 bits per heavy atom. The van der Waals surface area contributed by atoms with Crippen LogP contribution >= 0.6 is 0 Å². The molecule has 0 spiro atoms. The third-order valence-electron chi connectivity index (χ3n) is 3.63. The van der Waals surface area contributed by atoms with Gasteiger partial charge in [-0.1, -0.05) is 36.3 Å². The molecule has 2 unspecified atom stereocenters. The van der Waals surface area contributed by atoms with Crippen molar-refractivity contribution in [2.24, 2.45) is 0 Å². The Kier molecular flexibility index (Phi) is 3.70. The summed E-state index contributed by atoms with van der Waals surface area (Å²) in [5.41, 5.74) is 2.11. The van der Waals surface area contributed by atoms with E-state index in [1.54, 1.807) is 0 Å². The molecule has 3 rings (SSSR count). The summed E-state index contributed by atoms with van der Waals surface area (Å²) in [6.45, 7) is 2.10. The van der Waals surface area contributed by atoms with Crippen LogP contribution in [0.1, 0.15) is 37.3 Å². The summed E-state index contributed by atoms with van der Waals surface area (Å²) in [5, 5.41) is 12.9. The number of aromatic nitrogens is 2. The molecular weight excluding hydrogens is 272 g/mol. The summed E-state index contributed by atoms with van der Waals surface area (Å²) >= 11 is 0. The Hall–Kier alpha value is -2.21. The second-order valence-electron chi connectivity index (χ2n) is 5.04. The van der Waals surface area contributed by atoms with E-state index >= 15 is 0 Å². The van der Waals surface area contributed by atoms with Crippen molar-refractivity contribution in [2.75, 3.05) is 0 Å². The molecule has 1 aromatic heterocycles. The van der Waals surface area contributed by atoms with Crippen LogP contribution in [-0.2, 0) is 16.0 Å². The monoisotopic (exact) mass is 288 g/mol. The number of benzene rings is 1. The number of nitrogens with zero attached hydrogens (tertiary/aromatic N) is 2. The highest BCUT2D eigenvalue weighted by molar-refractivity contribution is 5.72. The molecular formula is C15H16N2O4. The van der Waals surface area contributed by atoms with Gasteiger partial charge in [-0.15, -0.1) is 0 Å². The molecule has 0 saturated carbocycles. The first-order valence-electron chi connectivity index (χ1n) is 6.98. The highest BCUT2D eigenvalue weighted by Gasteiger charge is 2.34. The second kappa shape index (κ2) is 5.65. The van der Waals surface area contributed by atoms with Crippen molar-refractivity contribution in [1.29, 1.82) is 0 Å². The van der Waals surface area contributed by atoms with Crippen molar-refractivity contribution in [3.8, 4) is 11.4 Å². The number of ether oxygens (including phenoxy) is 1. The van der Waals surface area contributed by atoms with E-state index in [-0.39, 0.29) is 0 Å². The van der Waals surface area contributed by atoms with Gasteiger partial charge in [0.2, 0.25) is 5.82 Å². The van der Waals surface area contributed by atoms with Crippen molar-refractivity contribution < 1.29 is 19.2 Å². The predicted octanol–water partition coefficient (Wildman–Crippen LogP) is 2.60. The van der Waals surface area contributed by atoms with Crippen LogP contribution in [0.5, 0.6) is 0 Å². The maximum atomic E-state index is 10.9. The summed E-state index contributed by atoms with van der Waals surface area (Å²) in [5.74, 6) is -0.115. The van der Waals surface area contributed by atoms with Crippen molar-refractivity contribution >= 4 is 5.97 Å². The number of hydrogen-bond acceptors (Lipinski definition) is 5. The van der Waals surface area contributed by atoms with Crippen LogP contribution in [0, 0.1) is 0 Å². The van der Waals surface area contributed by atoms with Gasteiger partial charge in [-0.2, -0.15) is 4.98 Å². The number of aliphatic carboxylic acids is 1. The SMILES string of the molecule is CCc1ccc(-c2noc(C3CCC(C(=O)O)O3)n2)cc1. The minimum absolute atomic E-state index is 0.341. The van der Waals surface area contributed by atoms with E-state index < -0.39 is 18.2 Å². The van der Waals surface area contributed by atoms with Crippen LogP contribution in [0.25, 0.3) is 11.4 Å². The van der Waals surface area contributed by atoms with Gasteiger partial charge in [0.1, 0.15) is 6.10 Å². The fraction of sp³-hybridized carbons (Fsp3) is 0.400. The summed E-state index contributed by atoms with van der Waals surface area (Å²) in [4.78, 5) is 15.2. The zero-order chi connectivity index (χ0) is 14.8. The summed E-state index contributed by atoms with van der Waals surface area (Å²) in [6, 6.07) is 7.95. The Balaban J connectivity index is 1.75. The molecule has 2 aromatic rings. The summed E-state index contributed by atoms with van der Waals surface area (Å²) in [7, 11) is 0. The van der Waals surface area contributed by atoms with Gasteiger partial charge in [0.15, 0.2) is 6.10 Å². The molecule has 6 heteroatoms. The van der Waals surface area contributed by atoms with Crippen LogP contribution in [0.4, 0.5) is 0 Å². The van der Waals surface area contributed by atoms with Crippen LogP contribution in [0.15, 0.2) is 28.8 Å². The lowest BCUT2D eigenvalue weighted by Gasteiger charge is -2.05. The predicted molar refractivity (Wildman–Crippen MR) is 73.6 cm³/mol.